The van der Waals surface area contributed by atoms with Gasteiger partial charge in [-0.25, -0.2) is 8.42 Å². The van der Waals surface area contributed by atoms with Gasteiger partial charge in [-0.15, -0.1) is 0 Å². The number of carbonyl (C=O) groups excluding carboxylic acids is 1. The van der Waals surface area contributed by atoms with Gasteiger partial charge in [0.1, 0.15) is 0 Å². The van der Waals surface area contributed by atoms with Crippen LogP contribution in [-0.4, -0.2) is 27.6 Å². The molecule has 0 bridgehead atoms. The number of nitrogens with zero attached hydrogens (tertiary/aromatic N) is 1. The average Bonchev–Trinajstić information content (AvgIpc) is 2.37. The van der Waals surface area contributed by atoms with Crippen molar-refractivity contribution in [2.45, 2.75) is 11.8 Å². The molecule has 0 saturated carbocycles. The van der Waals surface area contributed by atoms with E-state index >= 15 is 0 Å². The molecule has 0 spiro atoms. The zero-order valence-electron chi connectivity index (χ0n) is 11.2. The van der Waals surface area contributed by atoms with E-state index in [1.165, 1.54) is 23.1 Å². The fourth-order valence-corrected chi connectivity index (χ4v) is 2.04. The van der Waals surface area contributed by atoms with Crippen molar-refractivity contribution in [1.82, 2.24) is 0 Å². The monoisotopic (exact) mass is 279 g/mol. The average molecular weight is 279 g/mol. The molecule has 1 aromatic rings. The highest BCUT2D eigenvalue weighted by atomic mass is 32.2. The van der Waals surface area contributed by atoms with Gasteiger partial charge in [-0.05, 0) is 31.2 Å². The lowest BCUT2D eigenvalue weighted by Crippen LogP contribution is -2.23. The van der Waals surface area contributed by atoms with Gasteiger partial charge in [0, 0.05) is 25.1 Å². The van der Waals surface area contributed by atoms with Crippen LogP contribution >= 0.6 is 0 Å². The molecule has 102 valence electrons. The molecule has 0 unspecified atom stereocenters. The van der Waals surface area contributed by atoms with Crippen LogP contribution in [0.25, 0.3) is 0 Å². The minimum atomic E-state index is -3.21. The first-order valence-corrected chi connectivity index (χ1v) is 7.62. The van der Waals surface area contributed by atoms with Crippen molar-refractivity contribution in [3.63, 3.8) is 0 Å². The Balaban J connectivity index is 2.89. The minimum absolute atomic E-state index is 0.176. The van der Waals surface area contributed by atoms with Crippen LogP contribution in [0.2, 0.25) is 0 Å². The highest BCUT2D eigenvalue weighted by molar-refractivity contribution is 7.90. The maximum atomic E-state index is 11.8. The summed E-state index contributed by atoms with van der Waals surface area (Å²) in [6.45, 7) is 1.86. The first-order valence-electron chi connectivity index (χ1n) is 5.73. The minimum Gasteiger partial charge on any atom is -0.312 e. The highest BCUT2D eigenvalue weighted by Gasteiger charge is 2.10. The van der Waals surface area contributed by atoms with Crippen LogP contribution in [0, 0.1) is 0 Å². The molecule has 0 aliphatic heterocycles. The standard InChI is InChI=1S/C14H17NO3S/c1-4-5-6-7-14(16)15(2)12-8-10-13(11-9-12)19(3,17)18/h4-11H,1-3H3. The Kier molecular flexibility index (Phi) is 5.06. The largest absolute Gasteiger partial charge is 0.312 e. The Bertz CT molecular complexity index is 598. The molecule has 0 N–H and O–H groups in total. The van der Waals surface area contributed by atoms with Gasteiger partial charge in [0.2, 0.25) is 0 Å². The van der Waals surface area contributed by atoms with Crippen molar-refractivity contribution in [3.05, 3.63) is 48.6 Å². The van der Waals surface area contributed by atoms with Crippen LogP contribution in [0.3, 0.4) is 0 Å². The van der Waals surface area contributed by atoms with Crippen molar-refractivity contribution in [3.8, 4) is 0 Å². The molecule has 5 heteroatoms. The van der Waals surface area contributed by atoms with E-state index in [9.17, 15) is 13.2 Å². The number of allylic oxidation sites excluding steroid dienone is 3. The van der Waals surface area contributed by atoms with Gasteiger partial charge in [0.15, 0.2) is 9.84 Å². The first kappa shape index (κ1) is 15.2. The summed E-state index contributed by atoms with van der Waals surface area (Å²) >= 11 is 0. The molecule has 0 aliphatic carbocycles. The van der Waals surface area contributed by atoms with Gasteiger partial charge in [-0.2, -0.15) is 0 Å². The second-order valence-corrected chi connectivity index (χ2v) is 6.06. The summed E-state index contributed by atoms with van der Waals surface area (Å²) in [6, 6.07) is 6.20. The lowest BCUT2D eigenvalue weighted by molar-refractivity contribution is -0.113. The second kappa shape index (κ2) is 6.33. The lowest BCUT2D eigenvalue weighted by atomic mass is 10.3. The van der Waals surface area contributed by atoms with Crippen LogP contribution in [0.1, 0.15) is 6.92 Å². The van der Waals surface area contributed by atoms with E-state index < -0.39 is 9.84 Å². The molecule has 0 fully saturated rings. The Labute approximate surface area is 114 Å². The highest BCUT2D eigenvalue weighted by Crippen LogP contribution is 2.17. The molecule has 0 saturated heterocycles. The number of benzene rings is 1. The Morgan fingerprint density at radius 2 is 1.74 bits per heavy atom. The third-order valence-electron chi connectivity index (χ3n) is 2.53. The summed E-state index contributed by atoms with van der Waals surface area (Å²) in [4.78, 5) is 13.5. The van der Waals surface area contributed by atoms with Crippen molar-refractivity contribution < 1.29 is 13.2 Å². The zero-order valence-corrected chi connectivity index (χ0v) is 12.0. The number of carbonyl (C=O) groups is 1. The van der Waals surface area contributed by atoms with Gasteiger partial charge in [0.05, 0.1) is 4.90 Å². The number of rotatable bonds is 4. The summed E-state index contributed by atoms with van der Waals surface area (Å²) in [5.41, 5.74) is 0.641. The molecular formula is C14H17NO3S. The van der Waals surface area contributed by atoms with E-state index in [2.05, 4.69) is 0 Å². The summed E-state index contributed by atoms with van der Waals surface area (Å²) in [7, 11) is -1.57. The Hall–Kier alpha value is -1.88. The third-order valence-corrected chi connectivity index (χ3v) is 3.65. The molecular weight excluding hydrogens is 262 g/mol. The predicted octanol–water partition coefficient (Wildman–Crippen LogP) is 2.19. The van der Waals surface area contributed by atoms with Crippen molar-refractivity contribution in [2.24, 2.45) is 0 Å². The number of amides is 1. The molecule has 1 aromatic carbocycles. The number of likely N-dealkylation sites (N-methyl/N-ethyl adjacent to an activating group) is 1. The number of hydrogen-bond acceptors (Lipinski definition) is 3. The van der Waals surface area contributed by atoms with E-state index in [0.29, 0.717) is 5.69 Å². The number of hydrogen-bond donors (Lipinski definition) is 0. The van der Waals surface area contributed by atoms with Gasteiger partial charge in [-0.1, -0.05) is 18.2 Å². The quantitative estimate of drug-likeness (QED) is 0.627. The maximum Gasteiger partial charge on any atom is 0.250 e. The van der Waals surface area contributed by atoms with Crippen molar-refractivity contribution in [1.29, 1.82) is 0 Å². The Morgan fingerprint density at radius 1 is 1.16 bits per heavy atom. The van der Waals surface area contributed by atoms with Crippen LogP contribution in [0.5, 0.6) is 0 Å². The molecule has 0 radical (unpaired) electrons. The van der Waals surface area contributed by atoms with Gasteiger partial charge in [0.25, 0.3) is 5.91 Å². The van der Waals surface area contributed by atoms with E-state index in [1.807, 2.05) is 13.0 Å². The molecule has 0 atom stereocenters. The molecule has 0 aliphatic rings. The van der Waals surface area contributed by atoms with Crippen LogP contribution in [0.4, 0.5) is 5.69 Å². The van der Waals surface area contributed by atoms with E-state index in [0.717, 1.165) is 6.26 Å². The fraction of sp³-hybridized carbons (Fsp3) is 0.214. The third kappa shape index (κ3) is 4.37. The number of sulfone groups is 1. The summed E-state index contributed by atoms with van der Waals surface area (Å²) in [6.07, 6.45) is 7.84. The summed E-state index contributed by atoms with van der Waals surface area (Å²) in [5, 5.41) is 0. The SMILES string of the molecule is CC=CC=CC(=O)N(C)c1ccc(S(C)(=O)=O)cc1. The zero-order chi connectivity index (χ0) is 14.5. The van der Waals surface area contributed by atoms with E-state index in [4.69, 9.17) is 0 Å². The lowest BCUT2D eigenvalue weighted by Gasteiger charge is -2.15. The molecule has 1 rings (SSSR count). The summed E-state index contributed by atoms with van der Waals surface area (Å²) < 4.78 is 22.6. The van der Waals surface area contributed by atoms with E-state index in [-0.39, 0.29) is 10.8 Å². The van der Waals surface area contributed by atoms with Crippen molar-refractivity contribution in [2.75, 3.05) is 18.2 Å². The van der Waals surface area contributed by atoms with Gasteiger partial charge >= 0.3 is 0 Å². The van der Waals surface area contributed by atoms with Crippen LogP contribution in [-0.2, 0) is 14.6 Å². The molecule has 0 aromatic heterocycles. The molecule has 19 heavy (non-hydrogen) atoms. The maximum absolute atomic E-state index is 11.8. The van der Waals surface area contributed by atoms with Crippen LogP contribution < -0.4 is 4.90 Å². The second-order valence-electron chi connectivity index (χ2n) is 4.05. The van der Waals surface area contributed by atoms with Gasteiger partial charge < -0.3 is 4.90 Å². The number of anilines is 1. The predicted molar refractivity (Wildman–Crippen MR) is 76.9 cm³/mol. The fourth-order valence-electron chi connectivity index (χ4n) is 1.40. The summed E-state index contributed by atoms with van der Waals surface area (Å²) in [5.74, 6) is -0.176. The smallest absolute Gasteiger partial charge is 0.250 e. The van der Waals surface area contributed by atoms with Crippen LogP contribution in [0.15, 0.2) is 53.5 Å². The van der Waals surface area contributed by atoms with Gasteiger partial charge in [-0.3, -0.25) is 4.79 Å². The molecule has 4 nitrogen and oxygen atoms in total. The van der Waals surface area contributed by atoms with E-state index in [1.54, 1.807) is 31.3 Å². The first-order chi connectivity index (χ1) is 8.86. The normalized spacial score (nSPS) is 12.2. The Morgan fingerprint density at radius 3 is 2.21 bits per heavy atom. The topological polar surface area (TPSA) is 54.5 Å². The molecule has 0 heterocycles. The van der Waals surface area contributed by atoms with Crippen molar-refractivity contribution >= 4 is 21.4 Å². The molecule has 1 amide bonds.